The smallest absolute Gasteiger partial charge is 0.301 e. The first-order valence-corrected chi connectivity index (χ1v) is 9.49. The van der Waals surface area contributed by atoms with Crippen LogP contribution in [0.4, 0.5) is 6.01 Å². The molecule has 0 bridgehead atoms. The van der Waals surface area contributed by atoms with Crippen LogP contribution in [-0.4, -0.2) is 24.1 Å². The number of anilines is 1. The number of amides is 1. The van der Waals surface area contributed by atoms with Crippen molar-refractivity contribution in [2.45, 2.75) is 49.7 Å². The first kappa shape index (κ1) is 19.5. The molecule has 0 saturated carbocycles. The van der Waals surface area contributed by atoms with E-state index < -0.39 is 20.5 Å². The van der Waals surface area contributed by atoms with E-state index in [0.29, 0.717) is 10.7 Å². The molecule has 2 rings (SSSR count). The third-order valence-electron chi connectivity index (χ3n) is 3.84. The standard InChI is InChI=1S/C17H21ClN2O4S/c1-16(2,3)13-10-24-15(19-13)20-14(21)17(4,5)25(22,23)12-8-6-11(18)7-9-12/h6-10H,1-5H3,(H,19,20,21). The highest BCUT2D eigenvalue weighted by Gasteiger charge is 2.43. The van der Waals surface area contributed by atoms with Gasteiger partial charge in [-0.05, 0) is 38.1 Å². The van der Waals surface area contributed by atoms with Gasteiger partial charge in [0.2, 0.25) is 5.91 Å². The molecule has 0 aliphatic carbocycles. The van der Waals surface area contributed by atoms with Crippen LogP contribution >= 0.6 is 11.6 Å². The molecule has 0 radical (unpaired) electrons. The molecule has 0 aliphatic heterocycles. The van der Waals surface area contributed by atoms with Gasteiger partial charge >= 0.3 is 6.01 Å². The van der Waals surface area contributed by atoms with Gasteiger partial charge in [-0.1, -0.05) is 32.4 Å². The largest absolute Gasteiger partial charge is 0.432 e. The summed E-state index contributed by atoms with van der Waals surface area (Å²) in [6.07, 6.45) is 1.44. The molecule has 0 aliphatic rings. The van der Waals surface area contributed by atoms with Gasteiger partial charge in [0.25, 0.3) is 0 Å². The molecule has 0 saturated heterocycles. The summed E-state index contributed by atoms with van der Waals surface area (Å²) in [5.41, 5.74) is 0.401. The van der Waals surface area contributed by atoms with Crippen LogP contribution < -0.4 is 5.32 Å². The summed E-state index contributed by atoms with van der Waals surface area (Å²) in [7, 11) is -3.94. The van der Waals surface area contributed by atoms with E-state index >= 15 is 0 Å². The van der Waals surface area contributed by atoms with Gasteiger partial charge in [0.15, 0.2) is 9.84 Å². The zero-order chi connectivity index (χ0) is 19.0. The Hall–Kier alpha value is -1.86. The topological polar surface area (TPSA) is 89.3 Å². The number of rotatable bonds is 4. The second-order valence-corrected chi connectivity index (χ2v) is 10.1. The number of aromatic nitrogens is 1. The lowest BCUT2D eigenvalue weighted by Gasteiger charge is -2.23. The lowest BCUT2D eigenvalue weighted by Crippen LogP contribution is -2.44. The Balaban J connectivity index is 2.27. The van der Waals surface area contributed by atoms with Gasteiger partial charge in [-0.2, -0.15) is 4.98 Å². The summed E-state index contributed by atoms with van der Waals surface area (Å²) in [6.45, 7) is 8.52. The minimum absolute atomic E-state index is 0.0137. The number of sulfone groups is 1. The predicted molar refractivity (Wildman–Crippen MR) is 96.5 cm³/mol. The zero-order valence-corrected chi connectivity index (χ0v) is 16.3. The quantitative estimate of drug-likeness (QED) is 0.865. The lowest BCUT2D eigenvalue weighted by molar-refractivity contribution is -0.118. The highest BCUT2D eigenvalue weighted by atomic mass is 35.5. The Morgan fingerprint density at radius 1 is 1.12 bits per heavy atom. The molecule has 0 unspecified atom stereocenters. The molecule has 136 valence electrons. The van der Waals surface area contributed by atoms with Crippen LogP contribution in [0.2, 0.25) is 5.02 Å². The molecular formula is C17H21ClN2O4S. The summed E-state index contributed by atoms with van der Waals surface area (Å²) in [6, 6.07) is 5.64. The molecule has 1 N–H and O–H groups in total. The van der Waals surface area contributed by atoms with E-state index in [9.17, 15) is 13.2 Å². The maximum Gasteiger partial charge on any atom is 0.301 e. The molecule has 2 aromatic rings. The van der Waals surface area contributed by atoms with Gasteiger partial charge in [0, 0.05) is 10.4 Å². The van der Waals surface area contributed by atoms with Crippen LogP contribution in [0.1, 0.15) is 40.3 Å². The van der Waals surface area contributed by atoms with Crippen molar-refractivity contribution in [2.75, 3.05) is 5.32 Å². The first-order chi connectivity index (χ1) is 11.4. The number of nitrogens with one attached hydrogen (secondary N) is 1. The number of nitrogens with zero attached hydrogens (tertiary/aromatic N) is 1. The Morgan fingerprint density at radius 2 is 1.68 bits per heavy atom. The van der Waals surface area contributed by atoms with Crippen molar-refractivity contribution >= 4 is 33.4 Å². The van der Waals surface area contributed by atoms with Gasteiger partial charge in [-0.3, -0.25) is 10.1 Å². The van der Waals surface area contributed by atoms with Crippen molar-refractivity contribution < 1.29 is 17.6 Å². The van der Waals surface area contributed by atoms with Crippen molar-refractivity contribution in [3.05, 3.63) is 41.2 Å². The minimum Gasteiger partial charge on any atom is -0.432 e. The normalized spacial score (nSPS) is 12.9. The van der Waals surface area contributed by atoms with E-state index in [0.717, 1.165) is 0 Å². The van der Waals surface area contributed by atoms with Crippen molar-refractivity contribution in [1.82, 2.24) is 4.98 Å². The third-order valence-corrected chi connectivity index (χ3v) is 6.51. The number of hydrogen-bond donors (Lipinski definition) is 1. The van der Waals surface area contributed by atoms with E-state index in [2.05, 4.69) is 10.3 Å². The summed E-state index contributed by atoms with van der Waals surface area (Å²) in [5.74, 6) is -0.732. The van der Waals surface area contributed by atoms with Crippen LogP contribution in [0.15, 0.2) is 39.8 Å². The van der Waals surface area contributed by atoms with Crippen molar-refractivity contribution in [1.29, 1.82) is 0 Å². The molecule has 8 heteroatoms. The monoisotopic (exact) mass is 384 g/mol. The summed E-state index contributed by atoms with van der Waals surface area (Å²) >= 11 is 5.79. The van der Waals surface area contributed by atoms with Crippen LogP contribution in [0.5, 0.6) is 0 Å². The highest BCUT2D eigenvalue weighted by molar-refractivity contribution is 7.93. The molecule has 25 heavy (non-hydrogen) atoms. The van der Waals surface area contributed by atoms with Gasteiger partial charge in [-0.15, -0.1) is 0 Å². The van der Waals surface area contributed by atoms with Gasteiger partial charge in [-0.25, -0.2) is 8.42 Å². The van der Waals surface area contributed by atoms with Gasteiger partial charge in [0.05, 0.1) is 10.6 Å². The number of hydrogen-bond acceptors (Lipinski definition) is 5. The van der Waals surface area contributed by atoms with Crippen LogP contribution in [0.25, 0.3) is 0 Å². The van der Waals surface area contributed by atoms with Crippen molar-refractivity contribution in [3.8, 4) is 0 Å². The second kappa shape index (κ2) is 6.46. The summed E-state index contributed by atoms with van der Waals surface area (Å²) in [4.78, 5) is 16.8. The fourth-order valence-corrected chi connectivity index (χ4v) is 3.46. The number of carbonyl (C=O) groups excluding carboxylic acids is 1. The SMILES string of the molecule is CC(C)(C)c1coc(NC(=O)C(C)(C)S(=O)(=O)c2ccc(Cl)cc2)n1. The lowest BCUT2D eigenvalue weighted by atomic mass is 9.93. The van der Waals surface area contributed by atoms with Crippen LogP contribution in [-0.2, 0) is 20.0 Å². The number of carbonyl (C=O) groups is 1. The number of oxazole rings is 1. The van der Waals surface area contributed by atoms with Crippen molar-refractivity contribution in [3.63, 3.8) is 0 Å². The molecule has 1 heterocycles. The molecule has 6 nitrogen and oxygen atoms in total. The molecule has 1 amide bonds. The Kier molecular flexibility index (Phi) is 5.03. The van der Waals surface area contributed by atoms with E-state index in [4.69, 9.17) is 16.0 Å². The van der Waals surface area contributed by atoms with Crippen LogP contribution in [0, 0.1) is 0 Å². The van der Waals surface area contributed by atoms with E-state index in [-0.39, 0.29) is 16.3 Å². The molecule has 0 atom stereocenters. The van der Waals surface area contributed by atoms with Crippen molar-refractivity contribution in [2.24, 2.45) is 0 Å². The van der Waals surface area contributed by atoms with Gasteiger partial charge < -0.3 is 4.42 Å². The van der Waals surface area contributed by atoms with E-state index in [1.807, 2.05) is 20.8 Å². The summed E-state index contributed by atoms with van der Waals surface area (Å²) in [5, 5.41) is 2.85. The summed E-state index contributed by atoms with van der Waals surface area (Å²) < 4.78 is 29.1. The average molecular weight is 385 g/mol. The number of benzene rings is 1. The minimum atomic E-state index is -3.94. The molecule has 1 aromatic heterocycles. The second-order valence-electron chi connectivity index (χ2n) is 7.21. The maximum atomic E-state index is 12.8. The Morgan fingerprint density at radius 3 is 2.16 bits per heavy atom. The fraction of sp³-hybridized carbons (Fsp3) is 0.412. The van der Waals surface area contributed by atoms with E-state index in [1.165, 1.54) is 44.4 Å². The number of halogens is 1. The third kappa shape index (κ3) is 3.88. The van der Waals surface area contributed by atoms with Crippen LogP contribution in [0.3, 0.4) is 0 Å². The highest BCUT2D eigenvalue weighted by Crippen LogP contribution is 2.28. The fourth-order valence-electron chi connectivity index (χ4n) is 1.95. The zero-order valence-electron chi connectivity index (χ0n) is 14.8. The molecule has 0 fully saturated rings. The maximum absolute atomic E-state index is 12.8. The van der Waals surface area contributed by atoms with Gasteiger partial charge in [0.1, 0.15) is 11.0 Å². The molecule has 1 aromatic carbocycles. The Labute approximate surface area is 152 Å². The van der Waals surface area contributed by atoms with E-state index in [1.54, 1.807) is 0 Å². The molecule has 0 spiro atoms. The predicted octanol–water partition coefficient (Wildman–Crippen LogP) is 3.82. The average Bonchev–Trinajstić information content (AvgIpc) is 2.96. The Bertz CT molecular complexity index is 878. The first-order valence-electron chi connectivity index (χ1n) is 7.63. The molecular weight excluding hydrogens is 364 g/mol.